The quantitative estimate of drug-likeness (QED) is 0.420. The zero-order valence-corrected chi connectivity index (χ0v) is 19.9. The Morgan fingerprint density at radius 2 is 1.51 bits per heavy atom. The monoisotopic (exact) mass is 488 g/mol. The van der Waals surface area contributed by atoms with E-state index in [9.17, 15) is 14.4 Å². The summed E-state index contributed by atoms with van der Waals surface area (Å²) in [5, 5.41) is 3.96. The van der Waals surface area contributed by atoms with Gasteiger partial charge < -0.3 is 4.74 Å². The molecule has 2 aliphatic rings. The average molecular weight is 489 g/mol. The summed E-state index contributed by atoms with van der Waals surface area (Å²) < 4.78 is 5.25. The highest BCUT2D eigenvalue weighted by atomic mass is 35.5. The van der Waals surface area contributed by atoms with Crippen LogP contribution < -0.4 is 5.32 Å². The van der Waals surface area contributed by atoms with Crippen LogP contribution >= 0.6 is 11.6 Å². The van der Waals surface area contributed by atoms with Crippen LogP contribution in [0.5, 0.6) is 0 Å². The molecule has 0 spiro atoms. The fraction of sp³-hybridized carbons (Fsp3) is 0.250. The number of halogens is 1. The lowest BCUT2D eigenvalue weighted by atomic mass is 9.76. The molecule has 1 N–H and O–H groups in total. The molecule has 2 saturated heterocycles. The Bertz CT molecular complexity index is 1250. The summed E-state index contributed by atoms with van der Waals surface area (Å²) in [5.74, 6) is -2.89. The molecule has 0 bridgehead atoms. The molecular weight excluding hydrogens is 464 g/mol. The molecule has 4 atom stereocenters. The Morgan fingerprint density at radius 3 is 2.11 bits per heavy atom. The number of hydrogen-bond donors (Lipinski definition) is 1. The molecular formula is C28H25ClN2O4. The van der Waals surface area contributed by atoms with E-state index in [2.05, 4.69) is 5.32 Å². The van der Waals surface area contributed by atoms with Crippen molar-refractivity contribution in [2.24, 2.45) is 11.8 Å². The van der Waals surface area contributed by atoms with Gasteiger partial charge in [0.25, 0.3) is 0 Å². The lowest BCUT2D eigenvalue weighted by Gasteiger charge is -2.32. The summed E-state index contributed by atoms with van der Waals surface area (Å²) in [6.45, 7) is 0.154. The minimum Gasteiger partial charge on any atom is -0.468 e. The molecule has 0 aliphatic carbocycles. The van der Waals surface area contributed by atoms with E-state index in [0.717, 1.165) is 16.7 Å². The van der Waals surface area contributed by atoms with Crippen LogP contribution in [0.2, 0.25) is 5.02 Å². The van der Waals surface area contributed by atoms with Gasteiger partial charge in [0.2, 0.25) is 11.8 Å². The Balaban J connectivity index is 1.62. The molecule has 0 saturated carbocycles. The Hall–Kier alpha value is -3.48. The number of ether oxygens (including phenoxy) is 1. The highest BCUT2D eigenvalue weighted by Gasteiger charge is 2.68. The normalized spacial score (nSPS) is 25.5. The van der Waals surface area contributed by atoms with Crippen molar-refractivity contribution in [2.75, 3.05) is 7.11 Å². The number of likely N-dealkylation sites (tertiary alicyclic amines) is 1. The molecule has 178 valence electrons. The van der Waals surface area contributed by atoms with Crippen molar-refractivity contribution in [1.82, 2.24) is 10.2 Å². The number of amides is 2. The smallest absolute Gasteiger partial charge is 0.327 e. The first-order valence-electron chi connectivity index (χ1n) is 11.5. The predicted molar refractivity (Wildman–Crippen MR) is 131 cm³/mol. The van der Waals surface area contributed by atoms with E-state index in [1.54, 1.807) is 12.1 Å². The second-order valence-electron chi connectivity index (χ2n) is 9.05. The van der Waals surface area contributed by atoms with Gasteiger partial charge in [0, 0.05) is 17.5 Å². The number of hydrogen-bond acceptors (Lipinski definition) is 5. The number of fused-ring (bicyclic) bond motifs is 1. The van der Waals surface area contributed by atoms with Crippen LogP contribution in [-0.2, 0) is 32.1 Å². The molecule has 0 unspecified atom stereocenters. The van der Waals surface area contributed by atoms with Gasteiger partial charge >= 0.3 is 5.97 Å². The molecule has 2 amide bonds. The van der Waals surface area contributed by atoms with E-state index in [4.69, 9.17) is 16.3 Å². The van der Waals surface area contributed by atoms with Crippen molar-refractivity contribution >= 4 is 29.4 Å². The fourth-order valence-corrected chi connectivity index (χ4v) is 5.59. The molecule has 2 heterocycles. The number of nitrogens with one attached hydrogen (secondary N) is 1. The van der Waals surface area contributed by atoms with Gasteiger partial charge in [0.1, 0.15) is 5.54 Å². The van der Waals surface area contributed by atoms with Crippen LogP contribution in [0.4, 0.5) is 0 Å². The number of carbonyl (C=O) groups excluding carboxylic acids is 3. The first-order chi connectivity index (χ1) is 16.9. The average Bonchev–Trinajstić information content (AvgIpc) is 3.35. The van der Waals surface area contributed by atoms with Crippen molar-refractivity contribution < 1.29 is 19.1 Å². The molecule has 0 radical (unpaired) electrons. The minimum atomic E-state index is -1.40. The SMILES string of the molecule is COC(=O)[C@]1(Cc2ccccc2)N[C@H](c2ccc(Cl)cc2)[C@@H]2C(=O)N(Cc3ccccc3)C(=O)[C@@H]21. The van der Waals surface area contributed by atoms with Crippen LogP contribution in [-0.4, -0.2) is 35.3 Å². The van der Waals surface area contributed by atoms with Crippen LogP contribution in [0.1, 0.15) is 22.7 Å². The molecule has 3 aromatic carbocycles. The summed E-state index contributed by atoms with van der Waals surface area (Å²) >= 11 is 6.11. The van der Waals surface area contributed by atoms with Crippen molar-refractivity contribution in [3.8, 4) is 0 Å². The molecule has 7 heteroatoms. The lowest BCUT2D eigenvalue weighted by Crippen LogP contribution is -2.57. The van der Waals surface area contributed by atoms with Gasteiger partial charge in [0.15, 0.2) is 0 Å². The number of carbonyl (C=O) groups is 3. The standard InChI is InChI=1S/C28H25ClN2O4/c1-35-27(34)28(16-18-8-4-2-5-9-18)23-22(24(30-28)20-12-14-21(29)15-13-20)25(32)31(26(23)33)17-19-10-6-3-7-11-19/h2-15,22-24,30H,16-17H2,1H3/t22-,23-,24-,28-/m1/s1. The molecule has 35 heavy (non-hydrogen) atoms. The topological polar surface area (TPSA) is 75.7 Å². The van der Waals surface area contributed by atoms with Crippen molar-refractivity contribution in [1.29, 1.82) is 0 Å². The highest BCUT2D eigenvalue weighted by molar-refractivity contribution is 6.30. The number of benzene rings is 3. The largest absolute Gasteiger partial charge is 0.468 e. The predicted octanol–water partition coefficient (Wildman–Crippen LogP) is 3.94. The van der Waals surface area contributed by atoms with Crippen molar-refractivity contribution in [2.45, 2.75) is 24.5 Å². The number of imide groups is 1. The summed E-state index contributed by atoms with van der Waals surface area (Å²) in [4.78, 5) is 42.4. The molecule has 6 nitrogen and oxygen atoms in total. The molecule has 2 fully saturated rings. The third kappa shape index (κ3) is 4.03. The number of nitrogens with zero attached hydrogens (tertiary/aromatic N) is 1. The van der Waals surface area contributed by atoms with Gasteiger partial charge in [-0.15, -0.1) is 0 Å². The van der Waals surface area contributed by atoms with E-state index in [0.29, 0.717) is 5.02 Å². The maximum Gasteiger partial charge on any atom is 0.327 e. The molecule has 0 aromatic heterocycles. The van der Waals surface area contributed by atoms with Crippen molar-refractivity contribution in [3.63, 3.8) is 0 Å². The number of esters is 1. The van der Waals surface area contributed by atoms with Crippen LogP contribution in [0.15, 0.2) is 84.9 Å². The molecule has 5 rings (SSSR count). The van der Waals surface area contributed by atoms with E-state index >= 15 is 0 Å². The lowest BCUT2D eigenvalue weighted by molar-refractivity contribution is -0.154. The van der Waals surface area contributed by atoms with Gasteiger partial charge in [-0.25, -0.2) is 0 Å². The summed E-state index contributed by atoms with van der Waals surface area (Å²) in [6.07, 6.45) is 0.212. The van der Waals surface area contributed by atoms with Crippen LogP contribution in [0.3, 0.4) is 0 Å². The maximum absolute atomic E-state index is 13.9. The second kappa shape index (κ2) is 9.29. The van der Waals surface area contributed by atoms with Crippen LogP contribution in [0.25, 0.3) is 0 Å². The summed E-state index contributed by atoms with van der Waals surface area (Å²) in [7, 11) is 1.31. The van der Waals surface area contributed by atoms with Gasteiger partial charge in [-0.05, 0) is 28.8 Å². The minimum absolute atomic E-state index is 0.154. The zero-order chi connectivity index (χ0) is 24.6. The highest BCUT2D eigenvalue weighted by Crippen LogP contribution is 2.50. The van der Waals surface area contributed by atoms with Gasteiger partial charge in [-0.1, -0.05) is 84.4 Å². The second-order valence-corrected chi connectivity index (χ2v) is 9.49. The maximum atomic E-state index is 13.9. The number of methoxy groups -OCH3 is 1. The molecule has 3 aromatic rings. The number of rotatable bonds is 6. The Labute approximate surface area is 208 Å². The Kier molecular flexibility index (Phi) is 6.17. The summed E-state index contributed by atoms with van der Waals surface area (Å²) in [5.41, 5.74) is 1.09. The van der Waals surface area contributed by atoms with E-state index in [1.165, 1.54) is 12.0 Å². The van der Waals surface area contributed by atoms with E-state index < -0.39 is 29.4 Å². The van der Waals surface area contributed by atoms with Gasteiger partial charge in [-0.3, -0.25) is 24.6 Å². The first-order valence-corrected chi connectivity index (χ1v) is 11.9. The molecule has 2 aliphatic heterocycles. The van der Waals surface area contributed by atoms with Gasteiger partial charge in [0.05, 0.1) is 25.5 Å². The van der Waals surface area contributed by atoms with Crippen LogP contribution in [0, 0.1) is 11.8 Å². The van der Waals surface area contributed by atoms with E-state index in [-0.39, 0.29) is 24.8 Å². The first kappa shape index (κ1) is 23.3. The Morgan fingerprint density at radius 1 is 0.914 bits per heavy atom. The van der Waals surface area contributed by atoms with E-state index in [1.807, 2.05) is 72.8 Å². The zero-order valence-electron chi connectivity index (χ0n) is 19.2. The van der Waals surface area contributed by atoms with Crippen molar-refractivity contribution in [3.05, 3.63) is 107 Å². The summed E-state index contributed by atoms with van der Waals surface area (Å²) in [6, 6.07) is 25.4. The third-order valence-electron chi connectivity index (χ3n) is 7.03. The third-order valence-corrected chi connectivity index (χ3v) is 7.29. The van der Waals surface area contributed by atoms with Gasteiger partial charge in [-0.2, -0.15) is 0 Å². The fourth-order valence-electron chi connectivity index (χ4n) is 5.46.